The molecular weight excluding hydrogens is 212 g/mol. The van der Waals surface area contributed by atoms with E-state index in [4.69, 9.17) is 0 Å². The Morgan fingerprint density at radius 2 is 2.29 bits per heavy atom. The maximum absolute atomic E-state index is 12.2. The number of carbonyl (C=O) groups is 1. The minimum absolute atomic E-state index is 0.358. The summed E-state index contributed by atoms with van der Waals surface area (Å²) < 4.78 is 0. The number of likely N-dealkylation sites (tertiary alicyclic amines) is 1. The molecule has 2 aliphatic heterocycles. The minimum Gasteiger partial charge on any atom is -0.342 e. The third-order valence-corrected chi connectivity index (χ3v) is 4.57. The number of hydrogen-bond acceptors (Lipinski definition) is 2. The zero-order valence-corrected chi connectivity index (χ0v) is 11.3. The summed E-state index contributed by atoms with van der Waals surface area (Å²) in [6.45, 7) is 7.59. The van der Waals surface area contributed by atoms with E-state index < -0.39 is 0 Å². The molecule has 0 aromatic carbocycles. The summed E-state index contributed by atoms with van der Waals surface area (Å²) in [4.78, 5) is 14.3. The lowest BCUT2D eigenvalue weighted by molar-refractivity contribution is -0.135. The van der Waals surface area contributed by atoms with Crippen LogP contribution in [0.15, 0.2) is 0 Å². The number of piperidine rings is 1. The second-order valence-electron chi connectivity index (χ2n) is 6.08. The number of hydrogen-bond donors (Lipinski definition) is 1. The molecule has 0 spiro atoms. The van der Waals surface area contributed by atoms with Gasteiger partial charge < -0.3 is 10.2 Å². The molecular formula is C14H26N2O. The van der Waals surface area contributed by atoms with E-state index in [0.717, 1.165) is 19.6 Å². The smallest absolute Gasteiger partial charge is 0.224 e. The van der Waals surface area contributed by atoms with E-state index in [-0.39, 0.29) is 0 Å². The third kappa shape index (κ3) is 3.21. The summed E-state index contributed by atoms with van der Waals surface area (Å²) in [5.74, 6) is 0.365. The zero-order valence-electron chi connectivity index (χ0n) is 11.3. The van der Waals surface area contributed by atoms with Gasteiger partial charge >= 0.3 is 0 Å². The first-order valence-corrected chi connectivity index (χ1v) is 7.14. The zero-order chi connectivity index (χ0) is 12.3. The van der Waals surface area contributed by atoms with Crippen molar-refractivity contribution in [3.8, 4) is 0 Å². The standard InChI is InChI=1S/C14H26N2O/c1-3-14(2)7-5-9-16(11-14)13(17)10-12-6-4-8-15-12/h12,15H,3-11H2,1-2H3. The highest BCUT2D eigenvalue weighted by atomic mass is 16.2. The number of nitrogens with one attached hydrogen (secondary N) is 1. The molecule has 17 heavy (non-hydrogen) atoms. The van der Waals surface area contributed by atoms with E-state index in [9.17, 15) is 4.79 Å². The largest absolute Gasteiger partial charge is 0.342 e. The molecule has 3 nitrogen and oxygen atoms in total. The van der Waals surface area contributed by atoms with E-state index >= 15 is 0 Å². The molecule has 0 aliphatic carbocycles. The average molecular weight is 238 g/mol. The molecule has 2 saturated heterocycles. The fourth-order valence-corrected chi connectivity index (χ4v) is 3.09. The molecule has 3 heteroatoms. The highest BCUT2D eigenvalue weighted by Crippen LogP contribution is 2.32. The molecule has 2 heterocycles. The topological polar surface area (TPSA) is 32.3 Å². The van der Waals surface area contributed by atoms with Crippen molar-refractivity contribution >= 4 is 5.91 Å². The van der Waals surface area contributed by atoms with Gasteiger partial charge in [0.05, 0.1) is 0 Å². The first kappa shape index (κ1) is 12.9. The molecule has 1 N–H and O–H groups in total. The summed E-state index contributed by atoms with van der Waals surface area (Å²) in [6.07, 6.45) is 6.73. The first-order chi connectivity index (χ1) is 8.13. The Kier molecular flexibility index (Phi) is 4.08. The fraction of sp³-hybridized carbons (Fsp3) is 0.929. The molecule has 2 unspecified atom stereocenters. The normalized spacial score (nSPS) is 34.0. The monoisotopic (exact) mass is 238 g/mol. The fourth-order valence-electron chi connectivity index (χ4n) is 3.09. The van der Waals surface area contributed by atoms with Crippen molar-refractivity contribution in [2.24, 2.45) is 5.41 Å². The Hall–Kier alpha value is -0.570. The highest BCUT2D eigenvalue weighted by Gasteiger charge is 2.32. The summed E-state index contributed by atoms with van der Waals surface area (Å²) >= 11 is 0. The molecule has 2 rings (SSSR count). The Bertz CT molecular complexity index is 273. The van der Waals surface area contributed by atoms with Gasteiger partial charge in [-0.3, -0.25) is 4.79 Å². The summed E-state index contributed by atoms with van der Waals surface area (Å²) in [5.41, 5.74) is 0.358. The predicted octanol–water partition coefficient (Wildman–Crippen LogP) is 2.17. The van der Waals surface area contributed by atoms with Crippen LogP contribution in [0.4, 0.5) is 0 Å². The number of amides is 1. The van der Waals surface area contributed by atoms with Gasteiger partial charge in [0.1, 0.15) is 0 Å². The van der Waals surface area contributed by atoms with Gasteiger partial charge in [-0.25, -0.2) is 0 Å². The Morgan fingerprint density at radius 1 is 1.47 bits per heavy atom. The van der Waals surface area contributed by atoms with E-state index in [0.29, 0.717) is 23.8 Å². The predicted molar refractivity (Wildman–Crippen MR) is 69.9 cm³/mol. The number of nitrogens with zero attached hydrogens (tertiary/aromatic N) is 1. The van der Waals surface area contributed by atoms with Gasteiger partial charge in [0.15, 0.2) is 0 Å². The maximum Gasteiger partial charge on any atom is 0.224 e. The lowest BCUT2D eigenvalue weighted by Gasteiger charge is -2.40. The van der Waals surface area contributed by atoms with Crippen molar-refractivity contribution in [3.05, 3.63) is 0 Å². The molecule has 2 atom stereocenters. The molecule has 98 valence electrons. The summed E-state index contributed by atoms with van der Waals surface area (Å²) in [7, 11) is 0. The SMILES string of the molecule is CCC1(C)CCCN(C(=O)CC2CCCN2)C1. The van der Waals surface area contributed by atoms with Gasteiger partial charge in [-0.2, -0.15) is 0 Å². The van der Waals surface area contributed by atoms with Crippen LogP contribution >= 0.6 is 0 Å². The van der Waals surface area contributed by atoms with Crippen molar-refractivity contribution < 1.29 is 4.79 Å². The maximum atomic E-state index is 12.2. The van der Waals surface area contributed by atoms with Crippen LogP contribution in [0.25, 0.3) is 0 Å². The van der Waals surface area contributed by atoms with Crippen LogP contribution < -0.4 is 5.32 Å². The van der Waals surface area contributed by atoms with Crippen LogP contribution in [-0.2, 0) is 4.79 Å². The van der Waals surface area contributed by atoms with Gasteiger partial charge in [0.25, 0.3) is 0 Å². The molecule has 2 aliphatic rings. The Labute approximate surface area is 105 Å². The molecule has 1 amide bonds. The molecule has 0 saturated carbocycles. The van der Waals surface area contributed by atoms with Crippen molar-refractivity contribution in [3.63, 3.8) is 0 Å². The quantitative estimate of drug-likeness (QED) is 0.817. The molecule has 0 aromatic rings. The van der Waals surface area contributed by atoms with E-state index in [2.05, 4.69) is 24.1 Å². The molecule has 2 fully saturated rings. The van der Waals surface area contributed by atoms with Crippen LogP contribution in [0.2, 0.25) is 0 Å². The average Bonchev–Trinajstić information content (AvgIpc) is 2.82. The summed E-state index contributed by atoms with van der Waals surface area (Å²) in [5, 5.41) is 3.41. The highest BCUT2D eigenvalue weighted by molar-refractivity contribution is 5.77. The molecule has 0 bridgehead atoms. The lowest BCUT2D eigenvalue weighted by Crippen LogP contribution is -2.46. The van der Waals surface area contributed by atoms with Crippen LogP contribution in [0, 0.1) is 5.41 Å². The number of rotatable bonds is 3. The van der Waals surface area contributed by atoms with Gasteiger partial charge in [-0.15, -0.1) is 0 Å². The first-order valence-electron chi connectivity index (χ1n) is 7.14. The second kappa shape index (κ2) is 5.38. The lowest BCUT2D eigenvalue weighted by atomic mass is 9.79. The molecule has 0 aromatic heterocycles. The van der Waals surface area contributed by atoms with E-state index in [1.807, 2.05) is 0 Å². The van der Waals surface area contributed by atoms with E-state index in [1.165, 1.54) is 32.1 Å². The third-order valence-electron chi connectivity index (χ3n) is 4.57. The van der Waals surface area contributed by atoms with E-state index in [1.54, 1.807) is 0 Å². The van der Waals surface area contributed by atoms with Crippen LogP contribution in [0.3, 0.4) is 0 Å². The van der Waals surface area contributed by atoms with Crippen molar-refractivity contribution in [2.75, 3.05) is 19.6 Å². The van der Waals surface area contributed by atoms with Crippen LogP contribution in [0.1, 0.15) is 52.4 Å². The van der Waals surface area contributed by atoms with Crippen molar-refractivity contribution in [2.45, 2.75) is 58.4 Å². The van der Waals surface area contributed by atoms with Crippen molar-refractivity contribution in [1.82, 2.24) is 10.2 Å². The van der Waals surface area contributed by atoms with Crippen LogP contribution in [-0.4, -0.2) is 36.5 Å². The van der Waals surface area contributed by atoms with Crippen LogP contribution in [0.5, 0.6) is 0 Å². The molecule has 0 radical (unpaired) electrons. The minimum atomic E-state index is 0.358. The summed E-state index contributed by atoms with van der Waals surface area (Å²) in [6, 6.07) is 0.442. The van der Waals surface area contributed by atoms with Gasteiger partial charge in [-0.05, 0) is 44.1 Å². The van der Waals surface area contributed by atoms with Gasteiger partial charge in [0, 0.05) is 25.6 Å². The Balaban J connectivity index is 1.86. The van der Waals surface area contributed by atoms with Crippen molar-refractivity contribution in [1.29, 1.82) is 0 Å². The second-order valence-corrected chi connectivity index (χ2v) is 6.08. The number of carbonyl (C=O) groups excluding carboxylic acids is 1. The van der Waals surface area contributed by atoms with Gasteiger partial charge in [0.2, 0.25) is 5.91 Å². The van der Waals surface area contributed by atoms with Gasteiger partial charge in [-0.1, -0.05) is 13.8 Å². The Morgan fingerprint density at radius 3 is 2.94 bits per heavy atom.